The molecule has 0 saturated heterocycles. The molecule has 1 aromatic rings. The van der Waals surface area contributed by atoms with Crippen molar-refractivity contribution >= 4 is 16.8 Å². The number of halogens is 3. The summed E-state index contributed by atoms with van der Waals surface area (Å²) in [5.41, 5.74) is -1.01. The molecule has 0 spiro atoms. The van der Waals surface area contributed by atoms with Crippen molar-refractivity contribution in [2.45, 2.75) is 6.43 Å². The Kier molecular flexibility index (Phi) is 4.00. The number of aromatic nitrogens is 1. The average molecular weight is 252 g/mol. The van der Waals surface area contributed by atoms with Crippen molar-refractivity contribution in [2.75, 3.05) is 14.2 Å². The smallest absolute Gasteiger partial charge is 0.284 e. The van der Waals surface area contributed by atoms with Crippen LogP contribution in [-0.2, 0) is 0 Å². The van der Waals surface area contributed by atoms with Gasteiger partial charge in [-0.05, 0) is 11.6 Å². The van der Waals surface area contributed by atoms with Crippen LogP contribution in [-0.4, -0.2) is 24.4 Å². The molecule has 0 N–H and O–H groups in total. The molecule has 88 valence electrons. The predicted molar refractivity (Wildman–Crippen MR) is 52.5 cm³/mol. The van der Waals surface area contributed by atoms with E-state index in [0.717, 1.165) is 6.07 Å². The molecule has 0 saturated carbocycles. The standard InChI is InChI=1S/C9H8ClF2NO3/c1-15-4-3-5(16-2)7(9(11)12)13-6(4)8(10)14/h3,9H,1-2H3. The van der Waals surface area contributed by atoms with E-state index in [0.29, 0.717) is 0 Å². The summed E-state index contributed by atoms with van der Waals surface area (Å²) in [5, 5.41) is -0.971. The number of rotatable bonds is 4. The second-order valence-corrected chi connectivity index (χ2v) is 3.04. The summed E-state index contributed by atoms with van der Waals surface area (Å²) < 4.78 is 34.6. The third-order valence-corrected chi connectivity index (χ3v) is 1.99. The Balaban J connectivity index is 3.40. The second kappa shape index (κ2) is 5.07. The molecule has 1 rings (SSSR count). The van der Waals surface area contributed by atoms with Crippen LogP contribution >= 0.6 is 11.6 Å². The van der Waals surface area contributed by atoms with E-state index in [-0.39, 0.29) is 17.2 Å². The summed E-state index contributed by atoms with van der Waals surface area (Å²) in [6, 6.07) is 1.14. The summed E-state index contributed by atoms with van der Waals surface area (Å²) in [6.07, 6.45) is -2.87. The first-order chi connectivity index (χ1) is 7.51. The maximum absolute atomic E-state index is 12.6. The van der Waals surface area contributed by atoms with Crippen LogP contribution in [0.2, 0.25) is 0 Å². The Morgan fingerprint density at radius 3 is 2.31 bits per heavy atom. The highest BCUT2D eigenvalue weighted by molar-refractivity contribution is 6.67. The van der Waals surface area contributed by atoms with E-state index < -0.39 is 17.4 Å². The van der Waals surface area contributed by atoms with Crippen LogP contribution in [0.3, 0.4) is 0 Å². The number of carbonyl (C=O) groups is 1. The molecule has 0 atom stereocenters. The van der Waals surface area contributed by atoms with Gasteiger partial charge < -0.3 is 9.47 Å². The van der Waals surface area contributed by atoms with Gasteiger partial charge in [0.25, 0.3) is 11.7 Å². The van der Waals surface area contributed by atoms with E-state index in [4.69, 9.17) is 21.1 Å². The van der Waals surface area contributed by atoms with Crippen LogP contribution in [0.1, 0.15) is 22.6 Å². The first kappa shape index (κ1) is 12.6. The number of ether oxygens (including phenoxy) is 2. The summed E-state index contributed by atoms with van der Waals surface area (Å²) in [5.74, 6) is -0.172. The Hall–Kier alpha value is -1.43. The number of hydrogen-bond donors (Lipinski definition) is 0. The molecule has 1 aromatic heterocycles. The van der Waals surface area contributed by atoms with Gasteiger partial charge in [-0.25, -0.2) is 13.8 Å². The minimum absolute atomic E-state index is 0.0127. The van der Waals surface area contributed by atoms with Crippen LogP contribution in [0.5, 0.6) is 11.5 Å². The zero-order valence-electron chi connectivity index (χ0n) is 8.46. The monoisotopic (exact) mass is 251 g/mol. The first-order valence-corrected chi connectivity index (χ1v) is 4.50. The second-order valence-electron chi connectivity index (χ2n) is 2.70. The van der Waals surface area contributed by atoms with Crippen LogP contribution in [0.25, 0.3) is 0 Å². The van der Waals surface area contributed by atoms with Crippen LogP contribution < -0.4 is 9.47 Å². The van der Waals surface area contributed by atoms with Crippen molar-refractivity contribution in [1.82, 2.24) is 4.98 Å². The third-order valence-electron chi connectivity index (χ3n) is 1.81. The Bertz CT molecular complexity index is 412. The van der Waals surface area contributed by atoms with Gasteiger partial charge in [-0.3, -0.25) is 4.79 Å². The predicted octanol–water partition coefficient (Wildman–Crippen LogP) is 2.42. The van der Waals surface area contributed by atoms with Crippen molar-refractivity contribution in [3.05, 3.63) is 17.5 Å². The van der Waals surface area contributed by atoms with Gasteiger partial charge in [0.1, 0.15) is 11.4 Å². The third kappa shape index (κ3) is 2.38. The maximum atomic E-state index is 12.6. The number of hydrogen-bond acceptors (Lipinski definition) is 4. The zero-order valence-corrected chi connectivity index (χ0v) is 9.22. The molecule has 0 amide bonds. The molecule has 0 aliphatic rings. The fourth-order valence-electron chi connectivity index (χ4n) is 1.11. The minimum Gasteiger partial charge on any atom is -0.494 e. The van der Waals surface area contributed by atoms with Gasteiger partial charge in [0, 0.05) is 6.07 Å². The van der Waals surface area contributed by atoms with Gasteiger partial charge in [0.15, 0.2) is 11.4 Å². The average Bonchev–Trinajstić information content (AvgIpc) is 2.26. The quantitative estimate of drug-likeness (QED) is 0.771. The van der Waals surface area contributed by atoms with Crippen molar-refractivity contribution in [3.63, 3.8) is 0 Å². The molecule has 1 heterocycles. The fraction of sp³-hybridized carbons (Fsp3) is 0.333. The summed E-state index contributed by atoms with van der Waals surface area (Å²) in [4.78, 5) is 14.4. The fourth-order valence-corrected chi connectivity index (χ4v) is 1.24. The summed E-state index contributed by atoms with van der Waals surface area (Å²) >= 11 is 5.19. The van der Waals surface area contributed by atoms with E-state index in [1.807, 2.05) is 0 Å². The zero-order chi connectivity index (χ0) is 12.3. The van der Waals surface area contributed by atoms with Crippen LogP contribution in [0.15, 0.2) is 6.07 Å². The van der Waals surface area contributed by atoms with E-state index in [9.17, 15) is 13.6 Å². The molecule has 0 bridgehead atoms. The van der Waals surface area contributed by atoms with E-state index in [1.165, 1.54) is 14.2 Å². The molecule has 0 aromatic carbocycles. The number of nitrogens with zero attached hydrogens (tertiary/aromatic N) is 1. The lowest BCUT2D eigenvalue weighted by Crippen LogP contribution is -2.05. The van der Waals surface area contributed by atoms with Crippen LogP contribution in [0, 0.1) is 0 Å². The summed E-state index contributed by atoms with van der Waals surface area (Å²) in [7, 11) is 2.48. The molecule has 4 nitrogen and oxygen atoms in total. The summed E-state index contributed by atoms with van der Waals surface area (Å²) in [6.45, 7) is 0. The first-order valence-electron chi connectivity index (χ1n) is 4.12. The molecule has 0 unspecified atom stereocenters. The highest BCUT2D eigenvalue weighted by Crippen LogP contribution is 2.32. The van der Waals surface area contributed by atoms with Gasteiger partial charge in [0.05, 0.1) is 14.2 Å². The van der Waals surface area contributed by atoms with Gasteiger partial charge in [-0.15, -0.1) is 0 Å². The molecular formula is C9H8ClF2NO3. The molecule has 7 heteroatoms. The van der Waals surface area contributed by atoms with Gasteiger partial charge >= 0.3 is 0 Å². The van der Waals surface area contributed by atoms with Crippen molar-refractivity contribution in [3.8, 4) is 11.5 Å². The number of carbonyl (C=O) groups excluding carboxylic acids is 1. The normalized spacial score (nSPS) is 10.4. The molecule has 0 radical (unpaired) electrons. The van der Waals surface area contributed by atoms with E-state index >= 15 is 0 Å². The number of pyridine rings is 1. The molecule has 16 heavy (non-hydrogen) atoms. The lowest BCUT2D eigenvalue weighted by atomic mass is 10.2. The van der Waals surface area contributed by atoms with Gasteiger partial charge in [-0.1, -0.05) is 0 Å². The highest BCUT2D eigenvalue weighted by atomic mass is 35.5. The Labute approximate surface area is 95.1 Å². The maximum Gasteiger partial charge on any atom is 0.284 e. The van der Waals surface area contributed by atoms with Gasteiger partial charge in [0.2, 0.25) is 0 Å². The number of alkyl halides is 2. The van der Waals surface area contributed by atoms with E-state index in [2.05, 4.69) is 4.98 Å². The largest absolute Gasteiger partial charge is 0.494 e. The highest BCUT2D eigenvalue weighted by Gasteiger charge is 2.22. The number of methoxy groups -OCH3 is 2. The SMILES string of the molecule is COc1cc(OC)c(C(F)F)nc1C(=O)Cl. The van der Waals surface area contributed by atoms with Crippen molar-refractivity contribution in [1.29, 1.82) is 0 Å². The van der Waals surface area contributed by atoms with Crippen molar-refractivity contribution < 1.29 is 23.0 Å². The van der Waals surface area contributed by atoms with E-state index in [1.54, 1.807) is 0 Å². The molecule has 0 aliphatic carbocycles. The lowest BCUT2D eigenvalue weighted by Gasteiger charge is -2.11. The van der Waals surface area contributed by atoms with Crippen LogP contribution in [0.4, 0.5) is 8.78 Å². The molecular weight excluding hydrogens is 244 g/mol. The Morgan fingerprint density at radius 2 is 1.94 bits per heavy atom. The van der Waals surface area contributed by atoms with Crippen molar-refractivity contribution in [2.24, 2.45) is 0 Å². The molecule has 0 aliphatic heterocycles. The lowest BCUT2D eigenvalue weighted by molar-refractivity contribution is 0.107. The minimum atomic E-state index is -2.87. The molecule has 0 fully saturated rings. The van der Waals surface area contributed by atoms with Gasteiger partial charge in [-0.2, -0.15) is 0 Å². The topological polar surface area (TPSA) is 48.4 Å². The Morgan fingerprint density at radius 1 is 1.38 bits per heavy atom.